The molecule has 194 valence electrons. The first kappa shape index (κ1) is 30.8. The van der Waals surface area contributed by atoms with Crippen LogP contribution in [0.5, 0.6) is 0 Å². The summed E-state index contributed by atoms with van der Waals surface area (Å²) in [5, 5.41) is 26.9. The largest absolute Gasteiger partial charge is 0.481 e. The van der Waals surface area contributed by atoms with E-state index in [1.165, 1.54) is 0 Å². The molecule has 0 heterocycles. The van der Waals surface area contributed by atoms with Crippen molar-refractivity contribution in [1.29, 1.82) is 0 Å². The number of carboxylic acid groups (broad SMARTS) is 2. The van der Waals surface area contributed by atoms with Crippen LogP contribution in [-0.2, 0) is 28.8 Å². The number of unbranched alkanes of at least 4 members (excludes halogenated alkanes) is 9. The number of amides is 4. The van der Waals surface area contributed by atoms with E-state index in [2.05, 4.69) is 21.3 Å². The minimum absolute atomic E-state index is 0.236. The Morgan fingerprint density at radius 2 is 1.24 bits per heavy atom. The molecule has 0 spiro atoms. The summed E-state index contributed by atoms with van der Waals surface area (Å²) >= 11 is 0. The molecule has 0 aromatic carbocycles. The van der Waals surface area contributed by atoms with E-state index in [1.54, 1.807) is 0 Å². The molecule has 0 rings (SSSR count). The average Bonchev–Trinajstić information content (AvgIpc) is 2.78. The quantitative estimate of drug-likeness (QED) is 0.0929. The van der Waals surface area contributed by atoms with E-state index in [9.17, 15) is 28.8 Å². The standard InChI is InChI=1S/C22H38N4O8/c27-16-23-14-18(28)25-15-19(29)26-17(13-21(32)33)22(34)24-12-10-8-6-4-2-1-3-5-7-9-11-20(30)31/h16-17H,1-15H2,(H,23,27)(H,24,34)(H,25,28)(H,26,29)(H,30,31)(H,32,33). The molecule has 0 aliphatic rings. The lowest BCUT2D eigenvalue weighted by molar-refractivity contribution is -0.140. The van der Waals surface area contributed by atoms with Gasteiger partial charge in [0, 0.05) is 13.0 Å². The maximum absolute atomic E-state index is 12.3. The van der Waals surface area contributed by atoms with E-state index in [0.717, 1.165) is 64.2 Å². The number of carboxylic acids is 2. The fourth-order valence-electron chi connectivity index (χ4n) is 3.16. The Bertz CT molecular complexity index is 657. The summed E-state index contributed by atoms with van der Waals surface area (Å²) in [7, 11) is 0. The minimum atomic E-state index is -1.26. The second-order valence-electron chi connectivity index (χ2n) is 7.96. The van der Waals surface area contributed by atoms with Gasteiger partial charge in [-0.3, -0.25) is 28.8 Å². The Morgan fingerprint density at radius 3 is 1.76 bits per heavy atom. The number of nitrogens with one attached hydrogen (secondary N) is 4. The number of hydrogen-bond donors (Lipinski definition) is 6. The molecule has 0 aliphatic heterocycles. The van der Waals surface area contributed by atoms with Crippen LogP contribution in [0, 0.1) is 0 Å². The first-order valence-electron chi connectivity index (χ1n) is 11.7. The molecule has 12 nitrogen and oxygen atoms in total. The topological polar surface area (TPSA) is 191 Å². The molecular weight excluding hydrogens is 448 g/mol. The van der Waals surface area contributed by atoms with E-state index in [4.69, 9.17) is 10.2 Å². The third kappa shape index (κ3) is 19.5. The number of rotatable bonds is 22. The second kappa shape index (κ2) is 20.4. The van der Waals surface area contributed by atoms with Crippen LogP contribution < -0.4 is 21.3 Å². The van der Waals surface area contributed by atoms with Gasteiger partial charge in [-0.1, -0.05) is 51.4 Å². The van der Waals surface area contributed by atoms with Crippen LogP contribution >= 0.6 is 0 Å². The maximum Gasteiger partial charge on any atom is 0.305 e. The third-order valence-corrected chi connectivity index (χ3v) is 4.94. The van der Waals surface area contributed by atoms with Crippen molar-refractivity contribution in [3.8, 4) is 0 Å². The molecule has 0 radical (unpaired) electrons. The zero-order chi connectivity index (χ0) is 25.6. The lowest BCUT2D eigenvalue weighted by Crippen LogP contribution is -2.51. The lowest BCUT2D eigenvalue weighted by atomic mass is 10.1. The van der Waals surface area contributed by atoms with Crippen molar-refractivity contribution in [3.05, 3.63) is 0 Å². The van der Waals surface area contributed by atoms with Crippen molar-refractivity contribution in [3.63, 3.8) is 0 Å². The Labute approximate surface area is 199 Å². The molecule has 0 aromatic heterocycles. The summed E-state index contributed by atoms with van der Waals surface area (Å²) in [6.45, 7) is -0.391. The van der Waals surface area contributed by atoms with Crippen molar-refractivity contribution in [2.75, 3.05) is 19.6 Å². The highest BCUT2D eigenvalue weighted by Gasteiger charge is 2.23. The van der Waals surface area contributed by atoms with Gasteiger partial charge in [-0.05, 0) is 12.8 Å². The molecule has 1 atom stereocenters. The monoisotopic (exact) mass is 486 g/mol. The van der Waals surface area contributed by atoms with E-state index in [-0.39, 0.29) is 13.0 Å². The number of carbonyl (C=O) groups excluding carboxylic acids is 4. The summed E-state index contributed by atoms with van der Waals surface area (Å²) in [5.74, 6) is -3.92. The number of aliphatic carboxylic acids is 2. The summed E-state index contributed by atoms with van der Waals surface area (Å²) in [4.78, 5) is 67.1. The first-order valence-corrected chi connectivity index (χ1v) is 11.7. The Morgan fingerprint density at radius 1 is 0.676 bits per heavy atom. The zero-order valence-corrected chi connectivity index (χ0v) is 19.6. The lowest BCUT2D eigenvalue weighted by Gasteiger charge is -2.17. The molecule has 0 saturated carbocycles. The molecule has 1 unspecified atom stereocenters. The molecule has 12 heteroatoms. The summed E-state index contributed by atoms with van der Waals surface area (Å²) in [6, 6.07) is -1.26. The van der Waals surface area contributed by atoms with Gasteiger partial charge in [0.25, 0.3) is 0 Å². The van der Waals surface area contributed by atoms with Crippen molar-refractivity contribution >= 4 is 36.1 Å². The first-order chi connectivity index (χ1) is 16.3. The van der Waals surface area contributed by atoms with Gasteiger partial charge in [-0.25, -0.2) is 0 Å². The highest BCUT2D eigenvalue weighted by molar-refractivity contribution is 5.92. The molecule has 0 aromatic rings. The average molecular weight is 487 g/mol. The van der Waals surface area contributed by atoms with Gasteiger partial charge in [0.2, 0.25) is 24.1 Å². The van der Waals surface area contributed by atoms with Crippen molar-refractivity contribution in [1.82, 2.24) is 21.3 Å². The molecular formula is C22H38N4O8. The van der Waals surface area contributed by atoms with Crippen LogP contribution in [0.15, 0.2) is 0 Å². The van der Waals surface area contributed by atoms with E-state index in [1.807, 2.05) is 0 Å². The fraction of sp³-hybridized carbons (Fsp3) is 0.727. The molecule has 0 bridgehead atoms. The highest BCUT2D eigenvalue weighted by Crippen LogP contribution is 2.11. The van der Waals surface area contributed by atoms with Gasteiger partial charge in [0.15, 0.2) is 0 Å². The van der Waals surface area contributed by atoms with Crippen LogP contribution in [0.4, 0.5) is 0 Å². The van der Waals surface area contributed by atoms with E-state index in [0.29, 0.717) is 13.0 Å². The predicted octanol–water partition coefficient (Wildman–Crippen LogP) is 0.300. The fourth-order valence-corrected chi connectivity index (χ4v) is 3.16. The highest BCUT2D eigenvalue weighted by atomic mass is 16.4. The van der Waals surface area contributed by atoms with Gasteiger partial charge >= 0.3 is 11.9 Å². The van der Waals surface area contributed by atoms with Gasteiger partial charge in [0.05, 0.1) is 19.5 Å². The van der Waals surface area contributed by atoms with Crippen LogP contribution in [0.25, 0.3) is 0 Å². The van der Waals surface area contributed by atoms with Crippen LogP contribution in [0.1, 0.15) is 77.0 Å². The van der Waals surface area contributed by atoms with Crippen LogP contribution in [0.2, 0.25) is 0 Å². The minimum Gasteiger partial charge on any atom is -0.481 e. The Balaban J connectivity index is 3.95. The Kier molecular flexibility index (Phi) is 18.5. The van der Waals surface area contributed by atoms with Crippen molar-refractivity contribution in [2.24, 2.45) is 0 Å². The SMILES string of the molecule is O=CNCC(=O)NCC(=O)NC(CC(=O)O)C(=O)NCCCCCCCCCCCCC(=O)O. The number of carbonyl (C=O) groups is 6. The molecule has 34 heavy (non-hydrogen) atoms. The molecule has 0 aliphatic carbocycles. The predicted molar refractivity (Wildman–Crippen MR) is 123 cm³/mol. The van der Waals surface area contributed by atoms with E-state index >= 15 is 0 Å². The summed E-state index contributed by atoms with van der Waals surface area (Å²) < 4.78 is 0. The van der Waals surface area contributed by atoms with Crippen molar-refractivity contribution < 1.29 is 39.0 Å². The Hall–Kier alpha value is -3.18. The molecule has 4 amide bonds. The van der Waals surface area contributed by atoms with Crippen LogP contribution in [0.3, 0.4) is 0 Å². The summed E-state index contributed by atoms with van der Waals surface area (Å²) in [6.07, 6.45) is 9.78. The van der Waals surface area contributed by atoms with Gasteiger partial charge < -0.3 is 31.5 Å². The number of hydrogen-bond acceptors (Lipinski definition) is 6. The maximum atomic E-state index is 12.3. The molecule has 0 fully saturated rings. The zero-order valence-electron chi connectivity index (χ0n) is 19.6. The molecule has 0 saturated heterocycles. The third-order valence-electron chi connectivity index (χ3n) is 4.94. The smallest absolute Gasteiger partial charge is 0.305 e. The van der Waals surface area contributed by atoms with Crippen LogP contribution in [-0.4, -0.2) is 72.0 Å². The second-order valence-corrected chi connectivity index (χ2v) is 7.96. The van der Waals surface area contributed by atoms with Gasteiger partial charge in [0.1, 0.15) is 6.04 Å². The van der Waals surface area contributed by atoms with Gasteiger partial charge in [-0.15, -0.1) is 0 Å². The molecule has 6 N–H and O–H groups in total. The normalized spacial score (nSPS) is 11.2. The van der Waals surface area contributed by atoms with E-state index < -0.39 is 48.7 Å². The summed E-state index contributed by atoms with van der Waals surface area (Å²) in [5.41, 5.74) is 0. The van der Waals surface area contributed by atoms with Gasteiger partial charge in [-0.2, -0.15) is 0 Å². The van der Waals surface area contributed by atoms with Crippen molar-refractivity contribution in [2.45, 2.75) is 83.1 Å².